The van der Waals surface area contributed by atoms with E-state index in [2.05, 4.69) is 10.6 Å². The minimum atomic E-state index is -0.261. The lowest BCUT2D eigenvalue weighted by molar-refractivity contribution is -0.122. The fourth-order valence-electron chi connectivity index (χ4n) is 2.57. The fourth-order valence-corrected chi connectivity index (χ4v) is 2.57. The maximum atomic E-state index is 12.8. The summed E-state index contributed by atoms with van der Waals surface area (Å²) >= 11 is 0. The second-order valence-electron chi connectivity index (χ2n) is 6.17. The first-order valence-corrected chi connectivity index (χ1v) is 8.48. The van der Waals surface area contributed by atoms with Crippen LogP contribution >= 0.6 is 0 Å². The lowest BCUT2D eigenvalue weighted by Crippen LogP contribution is -2.35. The first-order valence-electron chi connectivity index (χ1n) is 8.48. The minimum Gasteiger partial charge on any atom is -0.355 e. The molecule has 0 aliphatic rings. The molecular formula is C20H24FN3O2. The third-order valence-electron chi connectivity index (χ3n) is 3.96. The molecule has 0 saturated carbocycles. The zero-order valence-corrected chi connectivity index (χ0v) is 15.1. The molecular weight excluding hydrogens is 333 g/mol. The Hall–Kier alpha value is -2.73. The Balaban J connectivity index is 1.72. The molecule has 0 aliphatic heterocycles. The largest absolute Gasteiger partial charge is 0.355 e. The highest BCUT2D eigenvalue weighted by Gasteiger charge is 2.08. The molecule has 0 bridgehead atoms. The van der Waals surface area contributed by atoms with E-state index in [4.69, 9.17) is 0 Å². The van der Waals surface area contributed by atoms with Crippen LogP contribution in [0.15, 0.2) is 48.5 Å². The smallest absolute Gasteiger partial charge is 0.251 e. The van der Waals surface area contributed by atoms with Crippen LogP contribution < -0.4 is 10.6 Å². The second kappa shape index (κ2) is 9.68. The third-order valence-corrected chi connectivity index (χ3v) is 3.96. The summed E-state index contributed by atoms with van der Waals surface area (Å²) in [6.07, 6.45) is 0.663. The predicted molar refractivity (Wildman–Crippen MR) is 99.3 cm³/mol. The summed E-state index contributed by atoms with van der Waals surface area (Å²) in [7, 11) is 3.46. The number of hydrogen-bond acceptors (Lipinski definition) is 3. The van der Waals surface area contributed by atoms with Crippen molar-refractivity contribution in [3.05, 3.63) is 71.0 Å². The van der Waals surface area contributed by atoms with Gasteiger partial charge in [0.1, 0.15) is 5.82 Å². The average molecular weight is 357 g/mol. The summed E-state index contributed by atoms with van der Waals surface area (Å²) in [6, 6.07) is 13.6. The molecule has 0 radical (unpaired) electrons. The van der Waals surface area contributed by atoms with E-state index in [1.165, 1.54) is 12.1 Å². The summed E-state index contributed by atoms with van der Waals surface area (Å²) < 4.78 is 12.8. The molecule has 2 N–H and O–H groups in total. The molecule has 6 heteroatoms. The van der Waals surface area contributed by atoms with Gasteiger partial charge < -0.3 is 10.6 Å². The van der Waals surface area contributed by atoms with Crippen molar-refractivity contribution < 1.29 is 14.0 Å². The molecule has 2 amide bonds. The first kappa shape index (κ1) is 19.6. The highest BCUT2D eigenvalue weighted by atomic mass is 19.1. The van der Waals surface area contributed by atoms with Gasteiger partial charge in [-0.05, 0) is 48.9 Å². The first-order chi connectivity index (χ1) is 12.5. The van der Waals surface area contributed by atoms with Gasteiger partial charge in [0.05, 0.1) is 6.54 Å². The lowest BCUT2D eigenvalue weighted by Gasteiger charge is -2.16. The number of likely N-dealkylation sites (N-methyl/N-ethyl adjacent to an activating group) is 1. The summed E-state index contributed by atoms with van der Waals surface area (Å²) in [5, 5.41) is 5.45. The maximum absolute atomic E-state index is 12.8. The molecule has 2 aromatic carbocycles. The molecule has 2 rings (SSSR count). The van der Waals surface area contributed by atoms with Crippen LogP contribution in [0.4, 0.5) is 4.39 Å². The number of amides is 2. The molecule has 2 aromatic rings. The van der Waals surface area contributed by atoms with Gasteiger partial charge in [0.2, 0.25) is 5.91 Å². The Morgan fingerprint density at radius 3 is 2.23 bits per heavy atom. The van der Waals surface area contributed by atoms with Crippen LogP contribution in [0.3, 0.4) is 0 Å². The number of nitrogens with one attached hydrogen (secondary N) is 2. The molecule has 0 aromatic heterocycles. The number of carbonyl (C=O) groups excluding carboxylic acids is 2. The van der Waals surface area contributed by atoms with Crippen LogP contribution in [0.2, 0.25) is 0 Å². The van der Waals surface area contributed by atoms with Crippen molar-refractivity contribution in [3.8, 4) is 0 Å². The maximum Gasteiger partial charge on any atom is 0.251 e. The lowest BCUT2D eigenvalue weighted by atomic mass is 10.1. The van der Waals surface area contributed by atoms with E-state index in [1.54, 1.807) is 31.3 Å². The van der Waals surface area contributed by atoms with E-state index in [0.717, 1.165) is 11.1 Å². The predicted octanol–water partition coefficient (Wildman–Crippen LogP) is 1.98. The van der Waals surface area contributed by atoms with Crippen LogP contribution in [0.25, 0.3) is 0 Å². The Bertz CT molecular complexity index is 730. The summed E-state index contributed by atoms with van der Waals surface area (Å²) in [6.45, 7) is 1.40. The number of halogens is 1. The van der Waals surface area contributed by atoms with Crippen LogP contribution in [0.1, 0.15) is 21.5 Å². The molecule has 5 nitrogen and oxygen atoms in total. The fraction of sp³-hybridized carbons (Fsp3) is 0.300. The van der Waals surface area contributed by atoms with Crippen molar-refractivity contribution in [3.63, 3.8) is 0 Å². The van der Waals surface area contributed by atoms with Gasteiger partial charge in [-0.25, -0.2) is 4.39 Å². The molecule has 26 heavy (non-hydrogen) atoms. The monoisotopic (exact) mass is 357 g/mol. The Morgan fingerprint density at radius 1 is 1.00 bits per heavy atom. The van der Waals surface area contributed by atoms with Gasteiger partial charge in [0, 0.05) is 25.7 Å². The molecule has 138 valence electrons. The van der Waals surface area contributed by atoms with Crippen molar-refractivity contribution in [2.45, 2.75) is 13.0 Å². The zero-order chi connectivity index (χ0) is 18.9. The van der Waals surface area contributed by atoms with E-state index in [9.17, 15) is 14.0 Å². The average Bonchev–Trinajstić information content (AvgIpc) is 2.63. The van der Waals surface area contributed by atoms with Gasteiger partial charge in [-0.15, -0.1) is 0 Å². The summed E-state index contributed by atoms with van der Waals surface area (Å²) in [5.41, 5.74) is 2.62. The van der Waals surface area contributed by atoms with Crippen molar-refractivity contribution in [1.82, 2.24) is 15.5 Å². The zero-order valence-electron chi connectivity index (χ0n) is 15.1. The van der Waals surface area contributed by atoms with Gasteiger partial charge in [-0.3, -0.25) is 14.5 Å². The number of rotatable bonds is 8. The Labute approximate surface area is 153 Å². The summed E-state index contributed by atoms with van der Waals surface area (Å²) in [5.74, 6) is -0.440. The highest BCUT2D eigenvalue weighted by Crippen LogP contribution is 2.07. The topological polar surface area (TPSA) is 61.4 Å². The van der Waals surface area contributed by atoms with Crippen LogP contribution in [-0.2, 0) is 17.8 Å². The van der Waals surface area contributed by atoms with Crippen LogP contribution in [-0.4, -0.2) is 43.9 Å². The molecule has 0 fully saturated rings. The van der Waals surface area contributed by atoms with Gasteiger partial charge >= 0.3 is 0 Å². The van der Waals surface area contributed by atoms with E-state index >= 15 is 0 Å². The standard InChI is InChI=1S/C20H24FN3O2/c1-22-20(26)17-7-3-16(4-8-17)13-24(2)14-19(25)23-12-11-15-5-9-18(21)10-6-15/h3-10H,11-14H2,1-2H3,(H,22,26)(H,23,25). The van der Waals surface area contributed by atoms with Crippen LogP contribution in [0.5, 0.6) is 0 Å². The van der Waals surface area contributed by atoms with E-state index in [0.29, 0.717) is 25.1 Å². The Morgan fingerprint density at radius 2 is 1.62 bits per heavy atom. The second-order valence-corrected chi connectivity index (χ2v) is 6.17. The van der Waals surface area contributed by atoms with Gasteiger partial charge in [0.15, 0.2) is 0 Å². The van der Waals surface area contributed by atoms with Gasteiger partial charge in [0.25, 0.3) is 5.91 Å². The molecule has 0 aliphatic carbocycles. The minimum absolute atomic E-state index is 0.0587. The summed E-state index contributed by atoms with van der Waals surface area (Å²) in [4.78, 5) is 25.4. The normalized spacial score (nSPS) is 10.6. The molecule has 0 unspecified atom stereocenters. The number of hydrogen-bond donors (Lipinski definition) is 2. The van der Waals surface area contributed by atoms with Gasteiger partial charge in [-0.1, -0.05) is 24.3 Å². The molecule has 0 heterocycles. The van der Waals surface area contributed by atoms with Crippen molar-refractivity contribution in [2.24, 2.45) is 0 Å². The number of benzene rings is 2. The van der Waals surface area contributed by atoms with Crippen molar-refractivity contribution >= 4 is 11.8 Å². The SMILES string of the molecule is CNC(=O)c1ccc(CN(C)CC(=O)NCCc2ccc(F)cc2)cc1. The van der Waals surface area contributed by atoms with Crippen molar-refractivity contribution in [2.75, 3.05) is 27.2 Å². The molecule has 0 atom stereocenters. The third kappa shape index (κ3) is 6.29. The molecule has 0 spiro atoms. The quantitative estimate of drug-likeness (QED) is 0.759. The van der Waals surface area contributed by atoms with Crippen molar-refractivity contribution in [1.29, 1.82) is 0 Å². The van der Waals surface area contributed by atoms with E-state index < -0.39 is 0 Å². The van der Waals surface area contributed by atoms with Gasteiger partial charge in [-0.2, -0.15) is 0 Å². The number of carbonyl (C=O) groups is 2. The van der Waals surface area contributed by atoms with E-state index in [-0.39, 0.29) is 24.2 Å². The molecule has 0 saturated heterocycles. The number of nitrogens with zero attached hydrogens (tertiary/aromatic N) is 1. The highest BCUT2D eigenvalue weighted by molar-refractivity contribution is 5.93. The van der Waals surface area contributed by atoms with E-state index in [1.807, 2.05) is 24.1 Å². The Kier molecular flexibility index (Phi) is 7.29. The van der Waals surface area contributed by atoms with Crippen LogP contribution in [0, 0.1) is 5.82 Å².